The zero-order chi connectivity index (χ0) is 70.8. The van der Waals surface area contributed by atoms with Crippen molar-refractivity contribution in [3.63, 3.8) is 0 Å². The summed E-state index contributed by atoms with van der Waals surface area (Å²) in [6, 6.07) is 25.9. The molecule has 34 heteroatoms. The number of carbonyl (C=O) groups excluding carboxylic acids is 6. The summed E-state index contributed by atoms with van der Waals surface area (Å²) < 4.78 is 29.9. The van der Waals surface area contributed by atoms with E-state index in [1.165, 1.54) is 70.4 Å². The van der Waals surface area contributed by atoms with Crippen molar-refractivity contribution in [1.29, 1.82) is 0 Å². The second-order valence-corrected chi connectivity index (χ2v) is 20.1. The number of terminal acetylenes is 1. The molecule has 0 saturated carbocycles. The number of methoxy groups -OCH3 is 3. The van der Waals surface area contributed by atoms with Gasteiger partial charge in [0.2, 0.25) is 0 Å². The molecule has 3 aromatic carbocycles. The third-order valence-corrected chi connectivity index (χ3v) is 11.8. The molecule has 0 saturated heterocycles. The molecule has 0 radical (unpaired) electrons. The van der Waals surface area contributed by atoms with E-state index in [0.717, 1.165) is 5.75 Å². The molecule has 7 rings (SSSR count). The summed E-state index contributed by atoms with van der Waals surface area (Å²) in [7, 11) is 3.72. The zero-order valence-corrected chi connectivity index (χ0v) is 56.4. The van der Waals surface area contributed by atoms with Gasteiger partial charge in [0.05, 0.1) is 27.9 Å². The third-order valence-electron chi connectivity index (χ3n) is 10.1. The molecule has 4 heterocycles. The summed E-state index contributed by atoms with van der Waals surface area (Å²) in [5.41, 5.74) is 4.63. The molecule has 7 aromatic rings. The van der Waals surface area contributed by atoms with E-state index in [2.05, 4.69) is 112 Å². The van der Waals surface area contributed by atoms with Crippen LogP contribution in [0.25, 0.3) is 0 Å². The van der Waals surface area contributed by atoms with Gasteiger partial charge in [0.25, 0.3) is 17.7 Å². The summed E-state index contributed by atoms with van der Waals surface area (Å²) in [5, 5.41) is 63.6. The lowest BCUT2D eigenvalue weighted by atomic mass is 10.2. The molecule has 0 atom stereocenters. The predicted octanol–water partition coefficient (Wildman–Crippen LogP) is 7.05. The van der Waals surface area contributed by atoms with Gasteiger partial charge in [0.15, 0.2) is 22.8 Å². The number of amides is 3. The van der Waals surface area contributed by atoms with E-state index in [4.69, 9.17) is 76.5 Å². The van der Waals surface area contributed by atoms with E-state index in [1.54, 1.807) is 72.8 Å². The lowest BCUT2D eigenvalue weighted by molar-refractivity contribution is -0.140. The van der Waals surface area contributed by atoms with Crippen LogP contribution in [0.2, 0.25) is 15.1 Å². The Morgan fingerprint density at radius 2 is 0.802 bits per heavy atom. The average molecular weight is 1530 g/mol. The number of nitrogens with one attached hydrogen (secondary N) is 3. The number of aromatic nitrogens is 4. The Morgan fingerprint density at radius 1 is 0.490 bits per heavy atom. The van der Waals surface area contributed by atoms with Crippen LogP contribution in [0.15, 0.2) is 131 Å². The highest BCUT2D eigenvalue weighted by molar-refractivity contribution is 9.10. The van der Waals surface area contributed by atoms with Crippen molar-refractivity contribution in [1.82, 2.24) is 35.9 Å². The number of carboxylic acid groups (broad SMARTS) is 2. The van der Waals surface area contributed by atoms with Crippen molar-refractivity contribution in [2.45, 2.75) is 0 Å². The molecule has 0 aliphatic rings. The molecule has 0 fully saturated rings. The number of carbonyl (C=O) groups is 8. The van der Waals surface area contributed by atoms with Gasteiger partial charge in [0, 0.05) is 59.9 Å². The molecular formula is C62H56Br2Cl4N8O20. The minimum absolute atomic E-state index is 0. The van der Waals surface area contributed by atoms with Crippen LogP contribution in [0.4, 0.5) is 0 Å². The average Bonchev–Trinajstić information content (AvgIpc) is 0.932. The highest BCUT2D eigenvalue weighted by atomic mass is 79.9. The summed E-state index contributed by atoms with van der Waals surface area (Å²) in [6.07, 6.45) is 10.3. The first-order valence-corrected chi connectivity index (χ1v) is 28.8. The monoisotopic (exact) mass is 1530 g/mol. The Kier molecular flexibility index (Phi) is 40.3. The van der Waals surface area contributed by atoms with E-state index in [1.807, 2.05) is 0 Å². The minimum Gasteiger partial charge on any atom is -0.505 e. The van der Waals surface area contributed by atoms with Crippen molar-refractivity contribution in [2.24, 2.45) is 5.73 Å². The maximum absolute atomic E-state index is 11.8. The molecule has 0 unspecified atom stereocenters. The van der Waals surface area contributed by atoms with Crippen LogP contribution in [-0.4, -0.2) is 165 Å². The first-order chi connectivity index (χ1) is 45.2. The van der Waals surface area contributed by atoms with Gasteiger partial charge in [-0.25, -0.2) is 24.7 Å². The summed E-state index contributed by atoms with van der Waals surface area (Å²) in [4.78, 5) is 102. The molecular weight excluding hydrogens is 1480 g/mol. The summed E-state index contributed by atoms with van der Waals surface area (Å²) in [6.45, 7) is -0.652. The molecule has 11 N–H and O–H groups in total. The highest BCUT2D eigenvalue weighted by Gasteiger charge is 2.17. The Labute approximate surface area is 585 Å². The van der Waals surface area contributed by atoms with E-state index in [0.29, 0.717) is 53.2 Å². The second kappa shape index (κ2) is 46.4. The van der Waals surface area contributed by atoms with E-state index in [9.17, 15) is 53.7 Å². The first-order valence-electron chi connectivity index (χ1n) is 26.1. The molecule has 0 aliphatic carbocycles. The standard InChI is InChI=1S/C18H15ClN2O5.C17H13ClN2O5.C9H9BrN2O4.C9H7ClO.C6H4BrNO3.C3H7NO2.ClH/c1-25-16(23)11-21-18(24)17-15(22)9-12(10-20-17)3-2-8-26-14-6-4-13(19)5-7-14;18-12-3-5-13(6-4-12)25-7-1-2-11-8-14(21)16(19-9-11)17(24)20-10-15(22)23;1-16-7(14)4-12-9(15)8-6(13)2-5(10)3-11-8;1-2-7-11-9-5-3-8(10)4-6-9;7-3-1-4(9)5(6(10)11)8-2-3;1-6-3(5)2-4;/h4-7,9-10,22H,8,11H2,1H3,(H,21,24);3-6,8-9,21H,7,10H2,(H,20,24)(H,22,23);2-3,13H,4H2,1H3,(H,12,15);1,3-6H,7H2;1-2,9H,(H,10,11);2,4H2,1H3;1H. The molecule has 506 valence electrons. The maximum Gasteiger partial charge on any atom is 0.358 e. The van der Waals surface area contributed by atoms with Crippen LogP contribution in [-0.2, 0) is 33.4 Å². The second-order valence-electron chi connectivity index (χ2n) is 16.9. The predicted molar refractivity (Wildman–Crippen MR) is 356 cm³/mol. The molecule has 96 heavy (non-hydrogen) atoms. The van der Waals surface area contributed by atoms with Gasteiger partial charge in [-0.2, -0.15) is 0 Å². The van der Waals surface area contributed by atoms with Gasteiger partial charge < -0.3 is 80.7 Å². The highest BCUT2D eigenvalue weighted by Crippen LogP contribution is 2.22. The van der Waals surface area contributed by atoms with E-state index < -0.39 is 53.9 Å². The number of hydrogen-bond donors (Lipinski definition) is 10. The van der Waals surface area contributed by atoms with Crippen LogP contribution < -0.4 is 35.9 Å². The Morgan fingerprint density at radius 3 is 1.08 bits per heavy atom. The van der Waals surface area contributed by atoms with Crippen molar-refractivity contribution in [2.75, 3.05) is 67.3 Å². The SMILES string of the molecule is C#CCOc1ccc(Cl)cc1.COC(=O)CN.COC(=O)CNC(=O)c1ncc(Br)cc1O.COC(=O)CNC(=O)c1ncc(C#CCOc2ccc(Cl)cc2)cc1O.Cl.O=C(O)CNC(=O)c1ncc(C#CCOc2ccc(Cl)cc2)cc1O.O=C(O)c1ncc(Br)cc1O. The number of esters is 3. The fourth-order valence-electron chi connectivity index (χ4n) is 5.76. The lowest BCUT2D eigenvalue weighted by Crippen LogP contribution is -2.30. The van der Waals surface area contributed by atoms with Crippen molar-refractivity contribution in [3.05, 3.63) is 180 Å². The number of aliphatic carboxylic acids is 1. The van der Waals surface area contributed by atoms with Gasteiger partial charge >= 0.3 is 29.8 Å². The van der Waals surface area contributed by atoms with Crippen LogP contribution >= 0.6 is 79.1 Å². The lowest BCUT2D eigenvalue weighted by Gasteiger charge is -2.05. The summed E-state index contributed by atoms with van der Waals surface area (Å²) in [5.74, 6) is 7.89. The number of aromatic carboxylic acids is 1. The molecule has 28 nitrogen and oxygen atoms in total. The van der Waals surface area contributed by atoms with E-state index >= 15 is 0 Å². The molecule has 0 bridgehead atoms. The van der Waals surface area contributed by atoms with Crippen LogP contribution in [0.3, 0.4) is 0 Å². The van der Waals surface area contributed by atoms with Crippen LogP contribution in [0, 0.1) is 36.0 Å². The van der Waals surface area contributed by atoms with Gasteiger partial charge in [-0.05, 0) is 129 Å². The minimum atomic E-state index is -1.24. The number of carboxylic acids is 2. The third kappa shape index (κ3) is 34.3. The number of ether oxygens (including phenoxy) is 6. The Hall–Kier alpha value is -10.6. The largest absolute Gasteiger partial charge is 0.505 e. The van der Waals surface area contributed by atoms with E-state index in [-0.39, 0.29) is 91.2 Å². The molecule has 4 aromatic heterocycles. The number of aromatic hydroxyl groups is 4. The number of benzene rings is 3. The normalized spacial score (nSPS) is 9.29. The topological polar surface area (TPSA) is 427 Å². The summed E-state index contributed by atoms with van der Waals surface area (Å²) >= 11 is 23.3. The smallest absolute Gasteiger partial charge is 0.358 e. The Balaban J connectivity index is 0.000000608. The first kappa shape index (κ1) is 83.4. The fraction of sp³-hybridized carbons (Fsp3) is 0.161. The fourth-order valence-corrected chi connectivity index (χ4v) is 6.78. The number of nitrogens with two attached hydrogens (primary N) is 1. The number of pyridine rings is 4. The van der Waals surface area contributed by atoms with Crippen molar-refractivity contribution < 1.29 is 97.4 Å². The number of hydrogen-bond acceptors (Lipinski definition) is 23. The van der Waals surface area contributed by atoms with Gasteiger partial charge in [-0.15, -0.1) is 18.8 Å². The van der Waals surface area contributed by atoms with Crippen molar-refractivity contribution in [3.8, 4) is 76.3 Å². The van der Waals surface area contributed by atoms with Crippen LogP contribution in [0.1, 0.15) is 53.1 Å². The Bertz CT molecular complexity index is 3920. The quantitative estimate of drug-likeness (QED) is 0.0248. The van der Waals surface area contributed by atoms with Gasteiger partial charge in [-0.1, -0.05) is 64.4 Å². The number of halogens is 6. The molecule has 0 aliphatic heterocycles. The number of rotatable bonds is 17. The zero-order valence-electron chi connectivity index (χ0n) is 50.1. The van der Waals surface area contributed by atoms with Crippen molar-refractivity contribution >= 4 is 127 Å². The van der Waals surface area contributed by atoms with Crippen LogP contribution in [0.5, 0.6) is 40.2 Å². The maximum atomic E-state index is 11.8. The number of nitrogens with zero attached hydrogens (tertiary/aromatic N) is 4. The molecule has 3 amide bonds. The van der Waals surface area contributed by atoms with Gasteiger partial charge in [0.1, 0.15) is 79.7 Å². The molecule has 0 spiro atoms. The van der Waals surface area contributed by atoms with Gasteiger partial charge in [-0.3, -0.25) is 33.6 Å².